The highest BCUT2D eigenvalue weighted by molar-refractivity contribution is 6.15. The normalized spacial score (nSPS) is 22.4. The molecule has 4 heterocycles. The van der Waals surface area contributed by atoms with Crippen molar-refractivity contribution in [2.24, 2.45) is 47.3 Å². The molecular weight excluding hydrogens is 1450 g/mol. The second-order valence-corrected chi connectivity index (χ2v) is 37.1. The molecule has 8 bridgehead atoms. The summed E-state index contributed by atoms with van der Waals surface area (Å²) in [5.41, 5.74) is 37.3. The van der Waals surface area contributed by atoms with Gasteiger partial charge in [0.1, 0.15) is 0 Å². The minimum atomic E-state index is 0.186. The van der Waals surface area contributed by atoms with E-state index in [1.807, 2.05) is 0 Å². The molecule has 0 atom stereocenters. The maximum atomic E-state index is 2.56. The minimum Gasteiger partial charge on any atom is -0.309 e. The highest BCUT2D eigenvalue weighted by atomic mass is 15.0. The Morgan fingerprint density at radius 2 is 0.450 bits per heavy atom. The van der Waals surface area contributed by atoms with Crippen molar-refractivity contribution in [3.63, 3.8) is 0 Å². The van der Waals surface area contributed by atoms with Crippen molar-refractivity contribution in [3.8, 4) is 89.5 Å². The van der Waals surface area contributed by atoms with Crippen molar-refractivity contribution in [1.82, 2.24) is 18.3 Å². The zero-order valence-electron chi connectivity index (χ0n) is 67.1. The van der Waals surface area contributed by atoms with E-state index in [0.717, 1.165) is 47.3 Å². The Labute approximate surface area is 698 Å². The van der Waals surface area contributed by atoms with Gasteiger partial charge in [-0.2, -0.15) is 0 Å². The number of hydrogen-bond donors (Lipinski definition) is 0. The van der Waals surface area contributed by atoms with E-state index in [0.29, 0.717) is 0 Å². The number of para-hydroxylation sites is 4. The molecule has 2 spiro atoms. The number of fused-ring (bicyclic) bond motifs is 18. The first kappa shape index (κ1) is 67.7. The van der Waals surface area contributed by atoms with Crippen LogP contribution in [0.5, 0.6) is 0 Å². The van der Waals surface area contributed by atoms with Gasteiger partial charge in [-0.15, -0.1) is 0 Å². The maximum Gasteiger partial charge on any atom is 0.0547 e. The van der Waals surface area contributed by atoms with E-state index >= 15 is 0 Å². The van der Waals surface area contributed by atoms with Crippen LogP contribution < -0.4 is 0 Å². The summed E-state index contributed by atoms with van der Waals surface area (Å²) >= 11 is 0. The second-order valence-electron chi connectivity index (χ2n) is 37.1. The van der Waals surface area contributed by atoms with Crippen molar-refractivity contribution < 1.29 is 0 Å². The largest absolute Gasteiger partial charge is 0.309 e. The van der Waals surface area contributed by atoms with Crippen LogP contribution in [-0.4, -0.2) is 18.3 Å². The van der Waals surface area contributed by atoms with Gasteiger partial charge in [0.2, 0.25) is 0 Å². The summed E-state index contributed by atoms with van der Waals surface area (Å²) in [4.78, 5) is 0. The fourth-order valence-electron chi connectivity index (χ4n) is 27.2. The molecule has 8 saturated carbocycles. The SMILES string of the molecule is c1ccc(-c2cccc(-n3c4ccccc4c4cc(-c5ccc6c(c5)c5ccccc5n6-c5ccc6c(c5)-c5ccccc5C65C6CC7CC(C6)CC5C7)ccc43)c2)cc1.c1ccc(-c2cccc(-n3c4ccccc4c4ccc(-c5ccc6c(c5)c5ccccc5n6-c5ccc6c(c5)-c5ccccc5C65C6CC7CC(C6)CC5C7)cc43)c2)cc1. The summed E-state index contributed by atoms with van der Waals surface area (Å²) in [5, 5.41) is 10.3. The van der Waals surface area contributed by atoms with Gasteiger partial charge in [-0.1, -0.05) is 249 Å². The fourth-order valence-corrected chi connectivity index (χ4v) is 27.2. The van der Waals surface area contributed by atoms with E-state index in [2.05, 4.69) is 382 Å². The molecule has 0 unspecified atom stereocenters. The summed E-state index contributed by atoms with van der Waals surface area (Å²) in [6.45, 7) is 0. The van der Waals surface area contributed by atoms with Gasteiger partial charge in [-0.3, -0.25) is 0 Å². The average molecular weight is 1540 g/mol. The molecule has 0 aliphatic heterocycles. The van der Waals surface area contributed by atoms with Gasteiger partial charge < -0.3 is 18.3 Å². The lowest BCUT2D eigenvalue weighted by Gasteiger charge is -2.61. The molecule has 4 nitrogen and oxygen atoms in total. The van der Waals surface area contributed by atoms with E-state index in [1.54, 1.807) is 22.3 Å². The Bertz CT molecular complexity index is 7640. The van der Waals surface area contributed by atoms with Crippen LogP contribution in [0.4, 0.5) is 0 Å². The molecule has 10 aliphatic carbocycles. The molecule has 4 heteroatoms. The van der Waals surface area contributed by atoms with Gasteiger partial charge in [-0.25, -0.2) is 0 Å². The summed E-state index contributed by atoms with van der Waals surface area (Å²) in [6.07, 6.45) is 14.3. The van der Waals surface area contributed by atoms with Crippen molar-refractivity contribution in [2.45, 2.75) is 75.0 Å². The van der Waals surface area contributed by atoms with Crippen LogP contribution in [-0.2, 0) is 10.8 Å². The second kappa shape index (κ2) is 25.6. The van der Waals surface area contributed by atoms with E-state index in [9.17, 15) is 0 Å². The van der Waals surface area contributed by atoms with Crippen molar-refractivity contribution >= 4 is 87.2 Å². The topological polar surface area (TPSA) is 19.7 Å². The monoisotopic (exact) mass is 1540 g/mol. The van der Waals surface area contributed by atoms with Gasteiger partial charge in [0.15, 0.2) is 0 Å². The predicted molar refractivity (Wildman–Crippen MR) is 499 cm³/mol. The Hall–Kier alpha value is -13.3. The Morgan fingerprint density at radius 3 is 0.850 bits per heavy atom. The first-order valence-corrected chi connectivity index (χ1v) is 44.4. The highest BCUT2D eigenvalue weighted by Crippen LogP contribution is 2.71. The molecule has 0 N–H and O–H groups in total. The number of benzene rings is 16. The summed E-state index contributed by atoms with van der Waals surface area (Å²) in [6, 6.07) is 138. The van der Waals surface area contributed by atoms with E-state index in [-0.39, 0.29) is 10.8 Å². The van der Waals surface area contributed by atoms with E-state index in [4.69, 9.17) is 0 Å². The zero-order valence-corrected chi connectivity index (χ0v) is 67.1. The van der Waals surface area contributed by atoms with Crippen LogP contribution in [0.25, 0.3) is 177 Å². The molecule has 120 heavy (non-hydrogen) atoms. The first-order chi connectivity index (χ1) is 59.4. The van der Waals surface area contributed by atoms with Gasteiger partial charge in [0, 0.05) is 76.7 Å². The maximum absolute atomic E-state index is 2.56. The third kappa shape index (κ3) is 9.59. The Balaban J connectivity index is 0.000000127. The number of hydrogen-bond acceptors (Lipinski definition) is 0. The van der Waals surface area contributed by atoms with Gasteiger partial charge >= 0.3 is 0 Å². The zero-order chi connectivity index (χ0) is 78.2. The fraction of sp³-hybridized carbons (Fsp3) is 0.172. The van der Waals surface area contributed by atoms with Crippen molar-refractivity contribution in [1.29, 1.82) is 0 Å². The van der Waals surface area contributed by atoms with Gasteiger partial charge in [0.05, 0.1) is 44.1 Å². The molecule has 0 radical (unpaired) electrons. The number of nitrogens with zero attached hydrogens (tertiary/aromatic N) is 4. The summed E-state index contributed by atoms with van der Waals surface area (Å²) in [5.74, 6) is 6.87. The van der Waals surface area contributed by atoms with E-state index in [1.165, 1.54) is 241 Å². The molecule has 16 aromatic carbocycles. The summed E-state index contributed by atoms with van der Waals surface area (Å²) in [7, 11) is 0. The Morgan fingerprint density at radius 1 is 0.167 bits per heavy atom. The molecule has 572 valence electrons. The molecule has 8 fully saturated rings. The number of aromatic nitrogens is 4. The standard InChI is InChI=1S/2C58H44N2/c1-2-11-38(12-3-1)39-13-10-14-44(32-39)59-54-19-8-5-16-47(54)50-33-40(21-25-56(50)59)41-22-26-57-51(34-41)48-17-6-9-20-55(48)60(57)45-23-24-53-49(35-45)46-15-4-7-18-52(46)58(53)42-28-36-27-37(30-42)31-43(58)29-36;1-2-11-38(12-3-1)39-13-10-14-44(32-39)60-54-19-8-5-16-47(54)49-24-21-41(34-57(49)60)40-22-26-56-51(33-40)48-17-6-9-20-55(48)59(56)45-23-25-53-50(35-45)46-15-4-7-18-52(46)58(53)42-28-36-27-37(30-42)31-43(58)29-36/h2*1-26,32-37,42-43H,27-31H2. The molecule has 20 aromatic rings. The lowest BCUT2D eigenvalue weighted by molar-refractivity contribution is -0.0399. The summed E-state index contributed by atoms with van der Waals surface area (Å²) < 4.78 is 9.93. The van der Waals surface area contributed by atoms with E-state index < -0.39 is 0 Å². The van der Waals surface area contributed by atoms with Crippen LogP contribution in [0.3, 0.4) is 0 Å². The molecule has 0 amide bonds. The van der Waals surface area contributed by atoms with Crippen molar-refractivity contribution in [2.75, 3.05) is 0 Å². The highest BCUT2D eigenvalue weighted by Gasteiger charge is 2.63. The molecule has 4 aromatic heterocycles. The third-order valence-electron chi connectivity index (χ3n) is 31.4. The van der Waals surface area contributed by atoms with Gasteiger partial charge in [-0.05, 0) is 316 Å². The molecule has 10 aliphatic rings. The van der Waals surface area contributed by atoms with Crippen LogP contribution in [0.1, 0.15) is 86.5 Å². The van der Waals surface area contributed by atoms with Gasteiger partial charge in [0.25, 0.3) is 0 Å². The third-order valence-corrected chi connectivity index (χ3v) is 31.4. The lowest BCUT2D eigenvalue weighted by Crippen LogP contribution is -2.55. The smallest absolute Gasteiger partial charge is 0.0547 e. The van der Waals surface area contributed by atoms with Crippen molar-refractivity contribution in [3.05, 3.63) is 386 Å². The number of rotatable bonds is 8. The Kier molecular flexibility index (Phi) is 14.5. The first-order valence-electron chi connectivity index (χ1n) is 44.4. The molecule has 30 rings (SSSR count). The average Bonchev–Trinajstić information content (AvgIpc) is 1.50. The van der Waals surface area contributed by atoms with Crippen LogP contribution >= 0.6 is 0 Å². The van der Waals surface area contributed by atoms with Crippen LogP contribution in [0.15, 0.2) is 364 Å². The molecule has 0 saturated heterocycles. The quantitative estimate of drug-likeness (QED) is 0.144. The van der Waals surface area contributed by atoms with Crippen LogP contribution in [0, 0.1) is 47.3 Å². The molecular formula is C116H88N4. The van der Waals surface area contributed by atoms with Crippen LogP contribution in [0.2, 0.25) is 0 Å². The lowest BCUT2D eigenvalue weighted by atomic mass is 9.43. The minimum absolute atomic E-state index is 0.186. The predicted octanol–water partition coefficient (Wildman–Crippen LogP) is 29.9.